The average Bonchev–Trinajstić information content (AvgIpc) is 2.21. The number of alkyl halides is 1. The van der Waals surface area contributed by atoms with E-state index in [1.807, 2.05) is 0 Å². The van der Waals surface area contributed by atoms with Crippen LogP contribution in [0.5, 0.6) is 0 Å². The summed E-state index contributed by atoms with van der Waals surface area (Å²) in [6, 6.07) is 4.05. The van der Waals surface area contributed by atoms with E-state index in [4.69, 9.17) is 16.9 Å². The largest absolute Gasteiger partial charge is 0.224 e. The second-order valence-electron chi connectivity index (χ2n) is 2.86. The van der Waals surface area contributed by atoms with Crippen molar-refractivity contribution in [2.24, 2.45) is 0 Å². The Bertz CT molecular complexity index is 553. The molecule has 0 bridgehead atoms. The van der Waals surface area contributed by atoms with Crippen molar-refractivity contribution in [3.05, 3.63) is 28.0 Å². The summed E-state index contributed by atoms with van der Waals surface area (Å²) in [5, 5.41) is 8.62. The lowest BCUT2D eigenvalue weighted by Crippen LogP contribution is -2.10. The van der Waals surface area contributed by atoms with Crippen LogP contribution in [0.25, 0.3) is 0 Å². The molecule has 86 valence electrons. The van der Waals surface area contributed by atoms with Gasteiger partial charge >= 0.3 is 0 Å². The Kier molecular flexibility index (Phi) is 4.30. The molecule has 1 aromatic carbocycles. The molecule has 0 spiro atoms. The van der Waals surface area contributed by atoms with Crippen molar-refractivity contribution in [1.82, 2.24) is 0 Å². The molecule has 3 nitrogen and oxygen atoms in total. The first-order chi connectivity index (χ1) is 7.44. The van der Waals surface area contributed by atoms with E-state index >= 15 is 0 Å². The Morgan fingerprint density at radius 3 is 2.62 bits per heavy atom. The van der Waals surface area contributed by atoms with Crippen LogP contribution in [0.4, 0.5) is 4.39 Å². The van der Waals surface area contributed by atoms with Gasteiger partial charge < -0.3 is 0 Å². The second-order valence-corrected chi connectivity index (χ2v) is 6.11. The Hall–Kier alpha value is -0.640. The first kappa shape index (κ1) is 13.4. The molecule has 0 aliphatic heterocycles. The lowest BCUT2D eigenvalue weighted by molar-refractivity contribution is 0.564. The predicted octanol–water partition coefficient (Wildman–Crippen LogP) is 2.47. The summed E-state index contributed by atoms with van der Waals surface area (Å²) in [5.74, 6) is -1.41. The Morgan fingerprint density at radius 2 is 2.12 bits per heavy atom. The maximum absolute atomic E-state index is 13.6. The van der Waals surface area contributed by atoms with E-state index in [2.05, 4.69) is 15.9 Å². The fourth-order valence-corrected chi connectivity index (χ4v) is 3.32. The van der Waals surface area contributed by atoms with Crippen molar-refractivity contribution in [2.45, 2.75) is 4.90 Å². The molecule has 0 aromatic heterocycles. The van der Waals surface area contributed by atoms with Crippen molar-refractivity contribution in [3.8, 4) is 6.07 Å². The van der Waals surface area contributed by atoms with Crippen molar-refractivity contribution in [3.63, 3.8) is 0 Å². The van der Waals surface area contributed by atoms with Gasteiger partial charge in [-0.1, -0.05) is 0 Å². The number of nitrogens with zero attached hydrogens (tertiary/aromatic N) is 1. The minimum Gasteiger partial charge on any atom is -0.224 e. The van der Waals surface area contributed by atoms with E-state index in [9.17, 15) is 12.8 Å². The summed E-state index contributed by atoms with van der Waals surface area (Å²) in [4.78, 5) is -0.445. The normalized spacial score (nSPS) is 11.1. The summed E-state index contributed by atoms with van der Waals surface area (Å²) in [6.45, 7) is 0. The Labute approximate surface area is 106 Å². The third-order valence-electron chi connectivity index (χ3n) is 1.85. The number of sulfone groups is 1. The first-order valence-electron chi connectivity index (χ1n) is 4.11. The van der Waals surface area contributed by atoms with Gasteiger partial charge in [-0.15, -0.1) is 11.6 Å². The van der Waals surface area contributed by atoms with Crippen molar-refractivity contribution >= 4 is 37.4 Å². The molecule has 7 heteroatoms. The Morgan fingerprint density at radius 1 is 1.50 bits per heavy atom. The topological polar surface area (TPSA) is 57.9 Å². The third-order valence-corrected chi connectivity index (χ3v) is 4.76. The summed E-state index contributed by atoms with van der Waals surface area (Å²) in [7, 11) is -3.73. The van der Waals surface area contributed by atoms with Crippen molar-refractivity contribution < 1.29 is 12.8 Å². The molecule has 0 aliphatic rings. The van der Waals surface area contributed by atoms with Gasteiger partial charge in [-0.3, -0.25) is 0 Å². The fraction of sp³-hybridized carbons (Fsp3) is 0.222. The highest BCUT2D eigenvalue weighted by Crippen LogP contribution is 2.26. The highest BCUT2D eigenvalue weighted by atomic mass is 79.9. The molecule has 0 N–H and O–H groups in total. The predicted molar refractivity (Wildman–Crippen MR) is 61.6 cm³/mol. The molecule has 1 rings (SSSR count). The monoisotopic (exact) mass is 325 g/mol. The number of hydrogen-bond donors (Lipinski definition) is 0. The lowest BCUT2D eigenvalue weighted by atomic mass is 10.2. The molecule has 0 heterocycles. The van der Waals surface area contributed by atoms with E-state index in [-0.39, 0.29) is 21.7 Å². The van der Waals surface area contributed by atoms with Crippen LogP contribution in [0, 0.1) is 17.1 Å². The van der Waals surface area contributed by atoms with Gasteiger partial charge in [0, 0.05) is 5.88 Å². The van der Waals surface area contributed by atoms with Gasteiger partial charge in [-0.25, -0.2) is 12.8 Å². The zero-order valence-corrected chi connectivity index (χ0v) is 11.0. The lowest BCUT2D eigenvalue weighted by Gasteiger charge is -2.06. The molecule has 0 aliphatic carbocycles. The second kappa shape index (κ2) is 5.13. The number of hydrogen-bond acceptors (Lipinski definition) is 3. The summed E-state index contributed by atoms with van der Waals surface area (Å²) < 4.78 is 36.7. The van der Waals surface area contributed by atoms with Gasteiger partial charge in [-0.05, 0) is 28.1 Å². The van der Waals surface area contributed by atoms with Crippen LogP contribution < -0.4 is 0 Å². The van der Waals surface area contributed by atoms with Crippen LogP contribution in [-0.4, -0.2) is 20.1 Å². The third kappa shape index (κ3) is 2.54. The minimum atomic E-state index is -3.73. The van der Waals surface area contributed by atoms with Gasteiger partial charge in [0.1, 0.15) is 11.0 Å². The maximum atomic E-state index is 13.6. The van der Waals surface area contributed by atoms with E-state index in [0.717, 1.165) is 6.07 Å². The molecule has 0 atom stereocenters. The van der Waals surface area contributed by atoms with Gasteiger partial charge in [0.05, 0.1) is 15.8 Å². The maximum Gasteiger partial charge on any atom is 0.182 e. The first-order valence-corrected chi connectivity index (χ1v) is 7.09. The van der Waals surface area contributed by atoms with Crippen LogP contribution >= 0.6 is 27.5 Å². The van der Waals surface area contributed by atoms with Crippen LogP contribution in [0.3, 0.4) is 0 Å². The minimum absolute atomic E-state index is 0.0438. The molecule has 0 unspecified atom stereocenters. The summed E-state index contributed by atoms with van der Waals surface area (Å²) in [5.41, 5.74) is 0.0438. The number of nitriles is 1. The Balaban J connectivity index is 3.40. The highest BCUT2D eigenvalue weighted by Gasteiger charge is 2.21. The standard InChI is InChI=1S/C9H6BrClFNO2S/c10-8-6(5-13)1-2-7(9(8)12)16(14,15)4-3-11/h1-2H,3-4H2. The quantitative estimate of drug-likeness (QED) is 0.802. The molecule has 0 saturated heterocycles. The molecule has 0 saturated carbocycles. The van der Waals surface area contributed by atoms with Gasteiger partial charge in [0.15, 0.2) is 15.7 Å². The summed E-state index contributed by atoms with van der Waals surface area (Å²) in [6.07, 6.45) is 0. The zero-order valence-electron chi connectivity index (χ0n) is 7.87. The van der Waals surface area contributed by atoms with Crippen LogP contribution in [0.2, 0.25) is 0 Å². The van der Waals surface area contributed by atoms with Crippen LogP contribution in [-0.2, 0) is 9.84 Å². The van der Waals surface area contributed by atoms with Gasteiger partial charge in [-0.2, -0.15) is 5.26 Å². The summed E-state index contributed by atoms with van der Waals surface area (Å²) >= 11 is 8.16. The molecular weight excluding hydrogens is 321 g/mol. The molecular formula is C9H6BrClFNO2S. The molecule has 0 amide bonds. The molecule has 1 aromatic rings. The van der Waals surface area contributed by atoms with Crippen molar-refractivity contribution in [2.75, 3.05) is 11.6 Å². The molecule has 0 radical (unpaired) electrons. The smallest absolute Gasteiger partial charge is 0.182 e. The molecule has 16 heavy (non-hydrogen) atoms. The van der Waals surface area contributed by atoms with E-state index in [0.29, 0.717) is 0 Å². The average molecular weight is 327 g/mol. The zero-order chi connectivity index (χ0) is 12.3. The van der Waals surface area contributed by atoms with Gasteiger partial charge in [0.25, 0.3) is 0 Å². The van der Waals surface area contributed by atoms with E-state index in [1.54, 1.807) is 6.07 Å². The highest BCUT2D eigenvalue weighted by molar-refractivity contribution is 9.10. The molecule has 0 fully saturated rings. The fourth-order valence-electron chi connectivity index (χ4n) is 1.07. The number of benzene rings is 1. The van der Waals surface area contributed by atoms with Crippen LogP contribution in [0.15, 0.2) is 21.5 Å². The van der Waals surface area contributed by atoms with E-state index < -0.39 is 20.5 Å². The van der Waals surface area contributed by atoms with Crippen molar-refractivity contribution in [1.29, 1.82) is 5.26 Å². The number of rotatable bonds is 3. The van der Waals surface area contributed by atoms with Crippen LogP contribution in [0.1, 0.15) is 5.56 Å². The number of halogens is 3. The SMILES string of the molecule is N#Cc1ccc(S(=O)(=O)CCCl)c(F)c1Br. The van der Waals surface area contributed by atoms with E-state index in [1.165, 1.54) is 6.07 Å². The van der Waals surface area contributed by atoms with Gasteiger partial charge in [0.2, 0.25) is 0 Å².